The number of hydrogen-bond acceptors (Lipinski definition) is 5. The van der Waals surface area contributed by atoms with E-state index < -0.39 is 24.0 Å². The first-order valence-corrected chi connectivity index (χ1v) is 11.9. The molecule has 0 aromatic rings. The van der Waals surface area contributed by atoms with Crippen LogP contribution in [-0.4, -0.2) is 79.6 Å². The molecule has 0 saturated carbocycles. The molecule has 0 radical (unpaired) electrons. The average molecular weight is 456 g/mol. The normalized spacial score (nSPS) is 21.2. The number of ether oxygens (including phenoxy) is 2. The molecule has 1 aliphatic rings. The second-order valence-corrected chi connectivity index (χ2v) is 9.65. The van der Waals surface area contributed by atoms with Crippen molar-refractivity contribution in [2.45, 2.75) is 91.0 Å². The van der Waals surface area contributed by atoms with Crippen LogP contribution in [0.4, 0.5) is 0 Å². The van der Waals surface area contributed by atoms with Crippen LogP contribution in [0.2, 0.25) is 0 Å². The summed E-state index contributed by atoms with van der Waals surface area (Å²) in [5.41, 5.74) is 5.51. The Morgan fingerprint density at radius 1 is 1.09 bits per heavy atom. The number of rotatable bonds is 13. The zero-order chi connectivity index (χ0) is 24.6. The fraction of sp³-hybridized carbons (Fsp3) is 0.875. The van der Waals surface area contributed by atoms with Crippen LogP contribution in [0.15, 0.2) is 0 Å². The quantitative estimate of drug-likeness (QED) is 0.460. The van der Waals surface area contributed by atoms with Gasteiger partial charge in [0.15, 0.2) is 0 Å². The highest BCUT2D eigenvalue weighted by Gasteiger charge is 2.41. The van der Waals surface area contributed by atoms with Crippen molar-refractivity contribution in [3.05, 3.63) is 0 Å². The molecule has 1 heterocycles. The first-order valence-electron chi connectivity index (χ1n) is 11.9. The number of carbonyl (C=O) groups excluding carboxylic acids is 3. The Bertz CT molecular complexity index is 627. The molecule has 1 fully saturated rings. The molecular weight excluding hydrogens is 410 g/mol. The Labute approximate surface area is 194 Å². The maximum atomic E-state index is 13.4. The smallest absolute Gasteiger partial charge is 0.225 e. The summed E-state index contributed by atoms with van der Waals surface area (Å²) in [5, 5.41) is 0. The van der Waals surface area contributed by atoms with Crippen LogP contribution in [-0.2, 0) is 23.9 Å². The molecular formula is C24H45N3O5. The zero-order valence-electron chi connectivity index (χ0n) is 21.3. The summed E-state index contributed by atoms with van der Waals surface area (Å²) in [7, 11) is 4.96. The maximum Gasteiger partial charge on any atom is 0.225 e. The molecule has 2 N–H and O–H groups in total. The highest BCUT2D eigenvalue weighted by molar-refractivity contribution is 5.79. The van der Waals surface area contributed by atoms with E-state index in [1.54, 1.807) is 26.0 Å². The molecule has 3 amide bonds. The van der Waals surface area contributed by atoms with E-state index in [2.05, 4.69) is 13.8 Å². The van der Waals surface area contributed by atoms with Crippen LogP contribution in [0.3, 0.4) is 0 Å². The van der Waals surface area contributed by atoms with Gasteiger partial charge in [-0.15, -0.1) is 0 Å². The number of amides is 3. The third-order valence-electron chi connectivity index (χ3n) is 6.92. The molecule has 1 saturated heterocycles. The van der Waals surface area contributed by atoms with E-state index in [1.165, 1.54) is 0 Å². The summed E-state index contributed by atoms with van der Waals surface area (Å²) in [4.78, 5) is 41.5. The van der Waals surface area contributed by atoms with Gasteiger partial charge < -0.3 is 25.0 Å². The Hall–Kier alpha value is -1.67. The predicted molar refractivity (Wildman–Crippen MR) is 125 cm³/mol. The number of primary amides is 1. The molecule has 0 aromatic carbocycles. The Balaban J connectivity index is 3.06. The molecule has 0 aromatic heterocycles. The van der Waals surface area contributed by atoms with Crippen LogP contribution in [0.25, 0.3) is 0 Å². The van der Waals surface area contributed by atoms with Crippen molar-refractivity contribution in [2.75, 3.05) is 27.8 Å². The van der Waals surface area contributed by atoms with Gasteiger partial charge in [-0.25, -0.2) is 0 Å². The molecule has 8 heteroatoms. The first kappa shape index (κ1) is 28.4. The van der Waals surface area contributed by atoms with E-state index in [1.807, 2.05) is 25.8 Å². The minimum atomic E-state index is -0.496. The van der Waals surface area contributed by atoms with Gasteiger partial charge >= 0.3 is 0 Å². The second kappa shape index (κ2) is 13.1. The standard InChI is InChI=1S/C24H45N3O5/c1-9-16(4)22(26(6)20(28)13-15(2)3)19(31-7)14-21(29)27-12-10-11-18(27)23(32-8)17(5)24(25)30/h15-19,22-23H,9-14H2,1-8H3,(H2,25,30)/t16?,17?,18-,19?,22-,23?/m0/s1. The lowest BCUT2D eigenvalue weighted by atomic mass is 9.90. The summed E-state index contributed by atoms with van der Waals surface area (Å²) in [6.45, 7) is 10.6. The third kappa shape index (κ3) is 7.17. The second-order valence-electron chi connectivity index (χ2n) is 9.65. The van der Waals surface area contributed by atoms with Crippen molar-refractivity contribution in [3.63, 3.8) is 0 Å². The molecule has 186 valence electrons. The van der Waals surface area contributed by atoms with Crippen molar-refractivity contribution in [1.29, 1.82) is 0 Å². The fourth-order valence-corrected chi connectivity index (χ4v) is 4.83. The third-order valence-corrected chi connectivity index (χ3v) is 6.92. The number of likely N-dealkylation sites (tertiary alicyclic amines) is 1. The van der Waals surface area contributed by atoms with Gasteiger partial charge in [0, 0.05) is 34.2 Å². The molecule has 32 heavy (non-hydrogen) atoms. The average Bonchev–Trinajstić information content (AvgIpc) is 3.22. The first-order chi connectivity index (χ1) is 15.0. The van der Waals surface area contributed by atoms with Gasteiger partial charge in [-0.3, -0.25) is 14.4 Å². The maximum absolute atomic E-state index is 13.4. The fourth-order valence-electron chi connectivity index (χ4n) is 4.83. The van der Waals surface area contributed by atoms with Crippen molar-refractivity contribution < 1.29 is 23.9 Å². The van der Waals surface area contributed by atoms with Gasteiger partial charge in [-0.05, 0) is 24.7 Å². The van der Waals surface area contributed by atoms with E-state index in [0.717, 1.165) is 19.3 Å². The number of nitrogens with zero attached hydrogens (tertiary/aromatic N) is 2. The van der Waals surface area contributed by atoms with Crippen LogP contribution >= 0.6 is 0 Å². The molecule has 0 spiro atoms. The van der Waals surface area contributed by atoms with Gasteiger partial charge in [0.1, 0.15) is 0 Å². The summed E-state index contributed by atoms with van der Waals surface area (Å²) in [6, 6.07) is -0.404. The molecule has 0 bridgehead atoms. The zero-order valence-corrected chi connectivity index (χ0v) is 21.3. The van der Waals surface area contributed by atoms with Crippen molar-refractivity contribution in [1.82, 2.24) is 9.80 Å². The highest BCUT2D eigenvalue weighted by Crippen LogP contribution is 2.29. The monoisotopic (exact) mass is 455 g/mol. The number of likely N-dealkylation sites (N-methyl/N-ethyl adjacent to an activating group) is 1. The minimum Gasteiger partial charge on any atom is -0.379 e. The molecule has 0 aliphatic carbocycles. The van der Waals surface area contributed by atoms with E-state index in [9.17, 15) is 14.4 Å². The number of nitrogens with two attached hydrogens (primary N) is 1. The largest absolute Gasteiger partial charge is 0.379 e. The lowest BCUT2D eigenvalue weighted by molar-refractivity contribution is -0.145. The van der Waals surface area contributed by atoms with E-state index in [-0.39, 0.29) is 42.2 Å². The Kier molecular flexibility index (Phi) is 11.6. The molecule has 4 unspecified atom stereocenters. The lowest BCUT2D eigenvalue weighted by Gasteiger charge is -2.39. The van der Waals surface area contributed by atoms with Crippen molar-refractivity contribution >= 4 is 17.7 Å². The summed E-state index contributed by atoms with van der Waals surface area (Å²) in [5.74, 6) is -0.486. The predicted octanol–water partition coefficient (Wildman–Crippen LogP) is 2.44. The lowest BCUT2D eigenvalue weighted by Crippen LogP contribution is -2.53. The molecule has 1 aliphatic heterocycles. The Morgan fingerprint density at radius 3 is 2.19 bits per heavy atom. The van der Waals surface area contributed by atoms with Gasteiger partial charge in [0.25, 0.3) is 0 Å². The summed E-state index contributed by atoms with van der Waals surface area (Å²) in [6.07, 6.45) is 2.24. The van der Waals surface area contributed by atoms with Gasteiger partial charge in [0.05, 0.1) is 36.6 Å². The van der Waals surface area contributed by atoms with Gasteiger partial charge in [0.2, 0.25) is 17.7 Å². The SMILES string of the molecule is CCC(C)[C@@H](C(CC(=O)N1CCC[C@H]1C(OC)C(C)C(N)=O)OC)N(C)C(=O)CC(C)C. The van der Waals surface area contributed by atoms with E-state index in [4.69, 9.17) is 15.2 Å². The van der Waals surface area contributed by atoms with Crippen LogP contribution in [0.5, 0.6) is 0 Å². The molecule has 1 rings (SSSR count). The molecule has 6 atom stereocenters. The number of methoxy groups -OCH3 is 2. The van der Waals surface area contributed by atoms with Gasteiger partial charge in [-0.2, -0.15) is 0 Å². The molecule has 8 nitrogen and oxygen atoms in total. The summed E-state index contributed by atoms with van der Waals surface area (Å²) >= 11 is 0. The number of carbonyl (C=O) groups is 3. The van der Waals surface area contributed by atoms with E-state index >= 15 is 0 Å². The topological polar surface area (TPSA) is 102 Å². The Morgan fingerprint density at radius 2 is 1.72 bits per heavy atom. The van der Waals surface area contributed by atoms with Gasteiger partial charge in [-0.1, -0.05) is 41.0 Å². The van der Waals surface area contributed by atoms with Crippen molar-refractivity contribution in [3.8, 4) is 0 Å². The van der Waals surface area contributed by atoms with Crippen LogP contribution < -0.4 is 5.73 Å². The highest BCUT2D eigenvalue weighted by atomic mass is 16.5. The number of hydrogen-bond donors (Lipinski definition) is 1. The minimum absolute atomic E-state index is 0.0453. The van der Waals surface area contributed by atoms with Crippen LogP contribution in [0.1, 0.15) is 66.7 Å². The van der Waals surface area contributed by atoms with E-state index in [0.29, 0.717) is 13.0 Å². The van der Waals surface area contributed by atoms with Crippen molar-refractivity contribution in [2.24, 2.45) is 23.5 Å². The van der Waals surface area contributed by atoms with Crippen LogP contribution in [0, 0.1) is 17.8 Å². The summed E-state index contributed by atoms with van der Waals surface area (Å²) < 4.78 is 11.4.